The lowest BCUT2D eigenvalue weighted by molar-refractivity contribution is -0.146. The summed E-state index contributed by atoms with van der Waals surface area (Å²) in [6, 6.07) is 1.34. The van der Waals surface area contributed by atoms with Crippen LogP contribution in [0.5, 0.6) is 0 Å². The van der Waals surface area contributed by atoms with E-state index in [4.69, 9.17) is 10.8 Å². The summed E-state index contributed by atoms with van der Waals surface area (Å²) >= 11 is 0. The third-order valence-electron chi connectivity index (χ3n) is 3.25. The van der Waals surface area contributed by atoms with Gasteiger partial charge >= 0.3 is 12.1 Å². The van der Waals surface area contributed by atoms with Crippen molar-refractivity contribution in [3.05, 3.63) is 17.8 Å². The Labute approximate surface area is 119 Å². The van der Waals surface area contributed by atoms with E-state index in [2.05, 4.69) is 4.98 Å². The molecule has 0 aliphatic carbocycles. The molecule has 116 valence electrons. The van der Waals surface area contributed by atoms with Crippen molar-refractivity contribution in [3.8, 4) is 0 Å². The molecule has 0 bridgehead atoms. The van der Waals surface area contributed by atoms with Crippen LogP contribution in [0.4, 0.5) is 24.7 Å². The Morgan fingerprint density at radius 1 is 1.33 bits per heavy atom. The number of aromatic nitrogens is 1. The number of nitrogens with zero attached hydrogens (tertiary/aromatic N) is 3. The number of nitrogen functional groups attached to an aromatic ring is 1. The standard InChI is InChI=1S/C12H15F3N4O2/c13-12(14,15)7-18-1-3-19(4-2-18)10-5-8(11(20)21)9(16)6-17-10/h5-6H,1-4,7,16H2,(H,20,21). The molecule has 1 saturated heterocycles. The first-order chi connectivity index (χ1) is 9.76. The van der Waals surface area contributed by atoms with Crippen molar-refractivity contribution in [2.45, 2.75) is 6.18 Å². The van der Waals surface area contributed by atoms with Crippen LogP contribution in [0.2, 0.25) is 0 Å². The van der Waals surface area contributed by atoms with Crippen LogP contribution in [0.3, 0.4) is 0 Å². The number of carbonyl (C=O) groups is 1. The first-order valence-electron chi connectivity index (χ1n) is 6.29. The van der Waals surface area contributed by atoms with Gasteiger partial charge in [0.2, 0.25) is 0 Å². The van der Waals surface area contributed by atoms with Crippen LogP contribution in [-0.2, 0) is 0 Å². The molecule has 0 spiro atoms. The summed E-state index contributed by atoms with van der Waals surface area (Å²) in [4.78, 5) is 18.1. The van der Waals surface area contributed by atoms with Crippen LogP contribution in [0.1, 0.15) is 10.4 Å². The van der Waals surface area contributed by atoms with E-state index >= 15 is 0 Å². The molecule has 0 radical (unpaired) electrons. The molecular weight excluding hydrogens is 289 g/mol. The molecule has 1 aromatic heterocycles. The van der Waals surface area contributed by atoms with Gasteiger partial charge < -0.3 is 15.7 Å². The smallest absolute Gasteiger partial charge is 0.401 e. The van der Waals surface area contributed by atoms with Crippen molar-refractivity contribution in [2.75, 3.05) is 43.4 Å². The molecule has 6 nitrogen and oxygen atoms in total. The minimum Gasteiger partial charge on any atom is -0.478 e. The van der Waals surface area contributed by atoms with E-state index in [1.54, 1.807) is 4.90 Å². The average Bonchev–Trinajstić information content (AvgIpc) is 2.38. The van der Waals surface area contributed by atoms with Crippen molar-refractivity contribution >= 4 is 17.5 Å². The number of hydrogen-bond donors (Lipinski definition) is 2. The molecule has 0 aromatic carbocycles. The number of pyridine rings is 1. The van der Waals surface area contributed by atoms with Crippen molar-refractivity contribution in [2.24, 2.45) is 0 Å². The summed E-state index contributed by atoms with van der Waals surface area (Å²) in [5, 5.41) is 9.00. The van der Waals surface area contributed by atoms with E-state index in [1.165, 1.54) is 17.2 Å². The summed E-state index contributed by atoms with van der Waals surface area (Å²) in [6.07, 6.45) is -2.96. The number of carboxylic acids is 1. The molecule has 9 heteroatoms. The van der Waals surface area contributed by atoms with Crippen molar-refractivity contribution in [1.82, 2.24) is 9.88 Å². The summed E-state index contributed by atoms with van der Waals surface area (Å²) in [5.41, 5.74) is 5.52. The largest absolute Gasteiger partial charge is 0.478 e. The Bertz CT molecular complexity index is 528. The Hall–Kier alpha value is -2.03. The van der Waals surface area contributed by atoms with Crippen LogP contribution < -0.4 is 10.6 Å². The maximum Gasteiger partial charge on any atom is 0.401 e. The van der Waals surface area contributed by atoms with E-state index in [0.717, 1.165) is 0 Å². The molecule has 0 unspecified atom stereocenters. The highest BCUT2D eigenvalue weighted by atomic mass is 19.4. The van der Waals surface area contributed by atoms with Crippen molar-refractivity contribution < 1.29 is 23.1 Å². The highest BCUT2D eigenvalue weighted by Crippen LogP contribution is 2.21. The molecule has 0 atom stereocenters. The monoisotopic (exact) mass is 304 g/mol. The number of carboxylic acid groups (broad SMARTS) is 1. The summed E-state index contributed by atoms with van der Waals surface area (Å²) < 4.78 is 36.9. The summed E-state index contributed by atoms with van der Waals surface area (Å²) in [7, 11) is 0. The van der Waals surface area contributed by atoms with Gasteiger partial charge in [-0.05, 0) is 6.07 Å². The van der Waals surface area contributed by atoms with E-state index < -0.39 is 18.7 Å². The number of alkyl halides is 3. The zero-order chi connectivity index (χ0) is 15.6. The Morgan fingerprint density at radius 2 is 1.95 bits per heavy atom. The fourth-order valence-corrected chi connectivity index (χ4v) is 2.20. The van der Waals surface area contributed by atoms with Crippen molar-refractivity contribution in [3.63, 3.8) is 0 Å². The van der Waals surface area contributed by atoms with Gasteiger partial charge in [0.05, 0.1) is 24.0 Å². The molecular formula is C12H15F3N4O2. The molecule has 3 N–H and O–H groups in total. The topological polar surface area (TPSA) is 82.7 Å². The van der Waals surface area contributed by atoms with E-state index in [1.807, 2.05) is 0 Å². The maximum atomic E-state index is 12.3. The molecule has 21 heavy (non-hydrogen) atoms. The van der Waals surface area contributed by atoms with Gasteiger partial charge in [0.1, 0.15) is 5.82 Å². The number of aromatic carboxylic acids is 1. The Balaban J connectivity index is 2.02. The average molecular weight is 304 g/mol. The van der Waals surface area contributed by atoms with Gasteiger partial charge in [-0.15, -0.1) is 0 Å². The SMILES string of the molecule is Nc1cnc(N2CCN(CC(F)(F)F)CC2)cc1C(=O)O. The number of rotatable bonds is 3. The van der Waals surface area contributed by atoms with Crippen LogP contribution in [0, 0.1) is 0 Å². The summed E-state index contributed by atoms with van der Waals surface area (Å²) in [6.45, 7) is 0.260. The van der Waals surface area contributed by atoms with Crippen LogP contribution in [0.25, 0.3) is 0 Å². The Kier molecular flexibility index (Phi) is 4.21. The van der Waals surface area contributed by atoms with Gasteiger partial charge in [0.25, 0.3) is 0 Å². The molecule has 1 aliphatic rings. The zero-order valence-electron chi connectivity index (χ0n) is 11.1. The first-order valence-corrected chi connectivity index (χ1v) is 6.29. The molecule has 1 aromatic rings. The maximum absolute atomic E-state index is 12.3. The number of hydrogen-bond acceptors (Lipinski definition) is 5. The molecule has 2 heterocycles. The minimum absolute atomic E-state index is 0.0574. The lowest BCUT2D eigenvalue weighted by atomic mass is 10.2. The highest BCUT2D eigenvalue weighted by Gasteiger charge is 2.32. The van der Waals surface area contributed by atoms with Gasteiger partial charge in [-0.2, -0.15) is 13.2 Å². The molecule has 1 fully saturated rings. The highest BCUT2D eigenvalue weighted by molar-refractivity contribution is 5.94. The molecule has 0 amide bonds. The van der Waals surface area contributed by atoms with Gasteiger partial charge in [-0.25, -0.2) is 9.78 Å². The fourth-order valence-electron chi connectivity index (χ4n) is 2.20. The Morgan fingerprint density at radius 3 is 2.48 bits per heavy atom. The van der Waals surface area contributed by atoms with Gasteiger partial charge in [0, 0.05) is 26.2 Å². The normalized spacial score (nSPS) is 17.0. The second-order valence-corrected chi connectivity index (χ2v) is 4.81. The third kappa shape index (κ3) is 3.97. The van der Waals surface area contributed by atoms with Crippen molar-refractivity contribution in [1.29, 1.82) is 0 Å². The molecule has 1 aliphatic heterocycles. The zero-order valence-corrected chi connectivity index (χ0v) is 11.1. The summed E-state index contributed by atoms with van der Waals surface area (Å²) in [5.74, 6) is -0.750. The first kappa shape index (κ1) is 15.4. The fraction of sp³-hybridized carbons (Fsp3) is 0.500. The second-order valence-electron chi connectivity index (χ2n) is 4.81. The van der Waals surface area contributed by atoms with E-state index in [-0.39, 0.29) is 24.3 Å². The minimum atomic E-state index is -4.21. The lowest BCUT2D eigenvalue weighted by Gasteiger charge is -2.35. The predicted molar refractivity (Wildman–Crippen MR) is 70.3 cm³/mol. The predicted octanol–water partition coefficient (Wildman–Crippen LogP) is 1.05. The van der Waals surface area contributed by atoms with E-state index in [0.29, 0.717) is 18.9 Å². The van der Waals surface area contributed by atoms with Crippen LogP contribution in [-0.4, -0.2) is 59.9 Å². The van der Waals surface area contributed by atoms with Gasteiger partial charge in [-0.3, -0.25) is 4.90 Å². The van der Waals surface area contributed by atoms with Crippen LogP contribution >= 0.6 is 0 Å². The van der Waals surface area contributed by atoms with Crippen LogP contribution in [0.15, 0.2) is 12.3 Å². The number of halogens is 3. The third-order valence-corrected chi connectivity index (χ3v) is 3.25. The molecule has 2 rings (SSSR count). The molecule has 0 saturated carbocycles. The van der Waals surface area contributed by atoms with E-state index in [9.17, 15) is 18.0 Å². The number of anilines is 2. The van der Waals surface area contributed by atoms with Gasteiger partial charge in [0.15, 0.2) is 0 Å². The second kappa shape index (κ2) is 5.76. The number of nitrogens with two attached hydrogens (primary N) is 1. The lowest BCUT2D eigenvalue weighted by Crippen LogP contribution is -2.49. The quantitative estimate of drug-likeness (QED) is 0.868. The number of piperazine rings is 1. The van der Waals surface area contributed by atoms with Gasteiger partial charge in [-0.1, -0.05) is 0 Å².